The van der Waals surface area contributed by atoms with Crippen LogP contribution in [0.1, 0.15) is 53.7 Å². The fraction of sp³-hybridized carbons (Fsp3) is 0.636. The van der Waals surface area contributed by atoms with E-state index in [4.69, 9.17) is 19.5 Å². The smallest absolute Gasteiger partial charge is 0.365 e. The first kappa shape index (κ1) is 31.9. The fourth-order valence-corrected chi connectivity index (χ4v) is 5.04. The summed E-state index contributed by atoms with van der Waals surface area (Å²) < 4.78 is 40.6. The molecule has 15 nitrogen and oxygen atoms in total. The molecule has 0 unspecified atom stereocenters. The van der Waals surface area contributed by atoms with Gasteiger partial charge in [0.2, 0.25) is 5.60 Å². The number of carbonyl (C=O) groups is 4. The Balaban J connectivity index is 2.15. The molecule has 1 aliphatic heterocycles. The molecular weight excluding hydrogens is 558 g/mol. The zero-order valence-corrected chi connectivity index (χ0v) is 24.3. The van der Waals surface area contributed by atoms with Crippen LogP contribution in [0.2, 0.25) is 0 Å². The first-order chi connectivity index (χ1) is 18.0. The third-order valence-electron chi connectivity index (χ3n) is 5.44. The van der Waals surface area contributed by atoms with Crippen LogP contribution in [0, 0.1) is 5.41 Å². The van der Waals surface area contributed by atoms with Crippen molar-refractivity contribution in [1.82, 2.24) is 14.6 Å². The van der Waals surface area contributed by atoms with E-state index in [1.165, 1.54) is 40.0 Å². The number of aromatic nitrogens is 1. The van der Waals surface area contributed by atoms with Gasteiger partial charge in [0.15, 0.2) is 10.8 Å². The van der Waals surface area contributed by atoms with Crippen molar-refractivity contribution < 1.29 is 46.1 Å². The third-order valence-corrected chi connectivity index (χ3v) is 7.53. The number of nitrogens with one attached hydrogen (secondary N) is 1. The van der Waals surface area contributed by atoms with Gasteiger partial charge in [-0.2, -0.15) is 8.42 Å². The normalized spacial score (nSPS) is 18.3. The van der Waals surface area contributed by atoms with Gasteiger partial charge in [0.05, 0.1) is 31.8 Å². The van der Waals surface area contributed by atoms with E-state index in [9.17, 15) is 27.6 Å². The molecule has 0 bridgehead atoms. The molecule has 39 heavy (non-hydrogen) atoms. The zero-order valence-electron chi connectivity index (χ0n) is 22.7. The molecule has 218 valence electrons. The van der Waals surface area contributed by atoms with E-state index in [0.717, 1.165) is 18.4 Å². The lowest BCUT2D eigenvalue weighted by Gasteiger charge is -2.43. The maximum atomic E-state index is 13.1. The summed E-state index contributed by atoms with van der Waals surface area (Å²) in [6, 6.07) is -2.32. The molecule has 0 spiro atoms. The first-order valence-electron chi connectivity index (χ1n) is 11.7. The van der Waals surface area contributed by atoms with Crippen LogP contribution in [0.5, 0.6) is 0 Å². The number of carbonyl (C=O) groups excluding carboxylic acids is 4. The lowest BCUT2D eigenvalue weighted by atomic mass is 9.95. The minimum Gasteiger partial charge on any atom is -0.466 e. The Kier molecular flexibility index (Phi) is 10.0. The number of hydrogen-bond acceptors (Lipinski definition) is 14. The van der Waals surface area contributed by atoms with Gasteiger partial charge < -0.3 is 25.4 Å². The SMILES string of the molecule is CCCOC(=O)C(C)(C)COS(=O)(=O)N1C(=O)[C@@H](NC(=O)/C(=N/OC(C)(C)C(=O)OC)c2csc(N)n2)[C@@H]1C. The van der Waals surface area contributed by atoms with E-state index >= 15 is 0 Å². The number of ether oxygens (including phenoxy) is 2. The Hall–Kier alpha value is -3.31. The molecule has 17 heteroatoms. The number of nitrogen functional groups attached to an aromatic ring is 1. The topological polar surface area (TPSA) is 206 Å². The number of β-lactam (4-membered cyclic amide) rings is 1. The number of nitrogens with two attached hydrogens (primary N) is 1. The first-order valence-corrected chi connectivity index (χ1v) is 14.0. The number of oxime groups is 1. The highest BCUT2D eigenvalue weighted by atomic mass is 32.2. The van der Waals surface area contributed by atoms with Crippen molar-refractivity contribution >= 4 is 56.2 Å². The van der Waals surface area contributed by atoms with Crippen molar-refractivity contribution in [2.45, 2.75) is 65.6 Å². The number of hydrogen-bond donors (Lipinski definition) is 2. The van der Waals surface area contributed by atoms with Gasteiger partial charge >= 0.3 is 22.2 Å². The molecule has 2 atom stereocenters. The van der Waals surface area contributed by atoms with Crippen LogP contribution in [0.15, 0.2) is 10.5 Å². The molecule has 2 rings (SSSR count). The largest absolute Gasteiger partial charge is 0.466 e. The quantitative estimate of drug-likeness (QED) is 0.138. The van der Waals surface area contributed by atoms with E-state index in [2.05, 4.69) is 20.2 Å². The van der Waals surface area contributed by atoms with Gasteiger partial charge in [-0.15, -0.1) is 11.3 Å². The van der Waals surface area contributed by atoms with E-state index in [0.29, 0.717) is 10.7 Å². The Bertz CT molecular complexity index is 1240. The van der Waals surface area contributed by atoms with Crippen molar-refractivity contribution in [1.29, 1.82) is 0 Å². The predicted octanol–water partition coefficient (Wildman–Crippen LogP) is 0.354. The lowest BCUT2D eigenvalue weighted by molar-refractivity contribution is -0.165. The summed E-state index contributed by atoms with van der Waals surface area (Å²) in [6.07, 6.45) is 0.589. The van der Waals surface area contributed by atoms with Gasteiger partial charge in [0.25, 0.3) is 11.8 Å². The summed E-state index contributed by atoms with van der Waals surface area (Å²) in [4.78, 5) is 59.1. The van der Waals surface area contributed by atoms with E-state index in [1.807, 2.05) is 6.92 Å². The van der Waals surface area contributed by atoms with Crippen LogP contribution >= 0.6 is 11.3 Å². The van der Waals surface area contributed by atoms with E-state index in [1.54, 1.807) is 0 Å². The summed E-state index contributed by atoms with van der Waals surface area (Å²) in [7, 11) is -3.45. The van der Waals surface area contributed by atoms with Crippen LogP contribution < -0.4 is 11.1 Å². The van der Waals surface area contributed by atoms with Gasteiger partial charge in [-0.25, -0.2) is 14.1 Å². The van der Waals surface area contributed by atoms with Gasteiger partial charge in [0, 0.05) is 5.38 Å². The maximum absolute atomic E-state index is 13.1. The number of thiazole rings is 1. The Labute approximate surface area is 230 Å². The van der Waals surface area contributed by atoms with Crippen molar-refractivity contribution in [3.05, 3.63) is 11.1 Å². The highest BCUT2D eigenvalue weighted by molar-refractivity contribution is 7.85. The van der Waals surface area contributed by atoms with Crippen molar-refractivity contribution in [3.63, 3.8) is 0 Å². The van der Waals surface area contributed by atoms with Crippen LogP contribution in [0.25, 0.3) is 0 Å². The van der Waals surface area contributed by atoms with Crippen LogP contribution in [-0.2, 0) is 48.0 Å². The number of esters is 2. The second-order valence-electron chi connectivity index (χ2n) is 9.67. The predicted molar refractivity (Wildman–Crippen MR) is 138 cm³/mol. The number of amides is 2. The lowest BCUT2D eigenvalue weighted by Crippen LogP contribution is -2.71. The second kappa shape index (κ2) is 12.3. The molecule has 0 aromatic carbocycles. The van der Waals surface area contributed by atoms with Gasteiger partial charge in [-0.05, 0) is 41.0 Å². The monoisotopic (exact) mass is 591 g/mol. The summed E-state index contributed by atoms with van der Waals surface area (Å²) in [5, 5.41) is 7.67. The number of rotatable bonds is 13. The molecule has 1 aromatic rings. The Morgan fingerprint density at radius 2 is 1.87 bits per heavy atom. The summed E-state index contributed by atoms with van der Waals surface area (Å²) in [5.74, 6) is -3.34. The average Bonchev–Trinajstić information content (AvgIpc) is 3.29. The van der Waals surface area contributed by atoms with Crippen LogP contribution in [0.4, 0.5) is 5.13 Å². The standard InChI is InChI=1S/C22H33N5O10S2/c1-8-9-35-18(30)21(3,4)11-36-39(32,33)27-12(2)14(17(27)29)25-16(28)15(13-10-38-20(23)24-13)26-37-22(5,6)19(31)34-7/h10,12,14H,8-9,11H2,1-7H3,(H2,23,24)(H,25,28)/b26-15+/t12-,14-/m0/s1. The molecule has 1 aromatic heterocycles. The molecule has 1 saturated heterocycles. The molecule has 3 N–H and O–H groups in total. The highest BCUT2D eigenvalue weighted by Gasteiger charge is 2.53. The highest BCUT2D eigenvalue weighted by Crippen LogP contribution is 2.27. The maximum Gasteiger partial charge on any atom is 0.365 e. The molecule has 1 aliphatic rings. The van der Waals surface area contributed by atoms with E-state index < -0.39 is 69.5 Å². The third kappa shape index (κ3) is 7.42. The van der Waals surface area contributed by atoms with Gasteiger partial charge in [-0.1, -0.05) is 12.1 Å². The van der Waals surface area contributed by atoms with E-state index in [-0.39, 0.29) is 17.4 Å². The minimum atomic E-state index is -4.60. The van der Waals surface area contributed by atoms with Gasteiger partial charge in [-0.3, -0.25) is 18.6 Å². The molecule has 0 radical (unpaired) electrons. The number of anilines is 1. The molecule has 0 aliphatic carbocycles. The van der Waals surface area contributed by atoms with Crippen molar-refractivity contribution in [2.24, 2.45) is 10.6 Å². The minimum absolute atomic E-state index is 0.0000859. The van der Waals surface area contributed by atoms with Crippen molar-refractivity contribution in [2.75, 3.05) is 26.1 Å². The molecule has 2 amide bonds. The fourth-order valence-electron chi connectivity index (χ4n) is 3.07. The summed E-state index contributed by atoms with van der Waals surface area (Å²) >= 11 is 1.01. The second-order valence-corrected chi connectivity index (χ2v) is 12.0. The Morgan fingerprint density at radius 3 is 2.38 bits per heavy atom. The zero-order chi connectivity index (χ0) is 29.8. The molecule has 1 fully saturated rings. The van der Waals surface area contributed by atoms with Crippen molar-refractivity contribution in [3.8, 4) is 0 Å². The number of methoxy groups -OCH3 is 1. The summed E-state index contributed by atoms with van der Waals surface area (Å²) in [6.45, 7) is 8.40. The van der Waals surface area contributed by atoms with Crippen LogP contribution in [-0.4, -0.2) is 85.2 Å². The Morgan fingerprint density at radius 1 is 1.23 bits per heavy atom. The molecule has 2 heterocycles. The molecule has 0 saturated carbocycles. The van der Waals surface area contributed by atoms with Crippen LogP contribution in [0.3, 0.4) is 0 Å². The number of nitrogens with zero attached hydrogens (tertiary/aromatic N) is 3. The van der Waals surface area contributed by atoms with Gasteiger partial charge in [0.1, 0.15) is 11.7 Å². The average molecular weight is 592 g/mol. The molecular formula is C22H33N5O10S2. The summed E-state index contributed by atoms with van der Waals surface area (Å²) in [5.41, 5.74) is 2.37.